The normalized spacial score (nSPS) is 19.0. The first-order chi connectivity index (χ1) is 8.95. The van der Waals surface area contributed by atoms with E-state index in [1.54, 1.807) is 4.90 Å². The lowest BCUT2D eigenvalue weighted by Crippen LogP contribution is -2.25. The predicted molar refractivity (Wildman–Crippen MR) is 81.2 cm³/mol. The van der Waals surface area contributed by atoms with Crippen LogP contribution in [0.25, 0.3) is 0 Å². The third-order valence-corrected chi connectivity index (χ3v) is 5.06. The molecule has 3 nitrogen and oxygen atoms in total. The van der Waals surface area contributed by atoms with Gasteiger partial charge in [0.25, 0.3) is 0 Å². The van der Waals surface area contributed by atoms with E-state index in [1.165, 1.54) is 18.7 Å². The minimum absolute atomic E-state index is 0.0638. The molecule has 0 N–H and O–H groups in total. The number of likely N-dealkylation sites (tertiary alicyclic amines) is 1. The molecule has 1 saturated heterocycles. The van der Waals surface area contributed by atoms with Crippen LogP contribution >= 0.6 is 39.3 Å². The number of hydrogen-bond acceptors (Lipinski definition) is 3. The molecule has 1 heterocycles. The average Bonchev–Trinajstić information content (AvgIpc) is 2.63. The first kappa shape index (κ1) is 14.9. The van der Waals surface area contributed by atoms with Gasteiger partial charge in [-0.3, -0.25) is 9.59 Å². The molecular formula is C13H13BrClNO2S. The Hall–Kier alpha value is -0.520. The monoisotopic (exact) mass is 361 g/mol. The van der Waals surface area contributed by atoms with Crippen LogP contribution in [0.1, 0.15) is 18.9 Å². The number of thioether (sulfide) groups is 1. The summed E-state index contributed by atoms with van der Waals surface area (Å²) in [5, 5.41) is 0.802. The highest BCUT2D eigenvalue weighted by molar-refractivity contribution is 9.10. The Balaban J connectivity index is 2.01. The van der Waals surface area contributed by atoms with Crippen LogP contribution in [0, 0.1) is 0 Å². The van der Waals surface area contributed by atoms with Gasteiger partial charge in [-0.15, -0.1) is 0 Å². The maximum atomic E-state index is 11.9. The molecule has 1 aliphatic rings. The van der Waals surface area contributed by atoms with E-state index in [1.807, 2.05) is 18.2 Å². The van der Waals surface area contributed by atoms with Crippen molar-refractivity contribution in [1.82, 2.24) is 4.90 Å². The van der Waals surface area contributed by atoms with Gasteiger partial charge in [0, 0.05) is 36.2 Å². The fourth-order valence-corrected chi connectivity index (χ4v) is 3.55. The SMILES string of the molecule is CC(=O)SC1CC(=O)N(Cc2ccc(Cl)c(Br)c2)C1. The summed E-state index contributed by atoms with van der Waals surface area (Å²) in [6.07, 6.45) is 0.443. The Bertz CT molecular complexity index is 523. The van der Waals surface area contributed by atoms with E-state index in [4.69, 9.17) is 11.6 Å². The topological polar surface area (TPSA) is 37.4 Å². The Morgan fingerprint density at radius 3 is 2.95 bits per heavy atom. The van der Waals surface area contributed by atoms with Gasteiger partial charge in [0.05, 0.1) is 5.02 Å². The molecule has 0 aromatic heterocycles. The second-order valence-corrected chi connectivity index (χ2v) is 7.20. The Morgan fingerprint density at radius 1 is 1.58 bits per heavy atom. The van der Waals surface area contributed by atoms with Gasteiger partial charge in [-0.1, -0.05) is 29.4 Å². The van der Waals surface area contributed by atoms with Crippen LogP contribution in [0.2, 0.25) is 5.02 Å². The molecule has 1 amide bonds. The van der Waals surface area contributed by atoms with Gasteiger partial charge in [0.2, 0.25) is 5.91 Å². The Kier molecular flexibility index (Phi) is 4.92. The van der Waals surface area contributed by atoms with E-state index in [9.17, 15) is 9.59 Å². The average molecular weight is 363 g/mol. The summed E-state index contributed by atoms with van der Waals surface area (Å²) in [6.45, 7) is 2.72. The zero-order valence-corrected chi connectivity index (χ0v) is 13.5. The summed E-state index contributed by atoms with van der Waals surface area (Å²) in [5.41, 5.74) is 1.03. The van der Waals surface area contributed by atoms with Crippen LogP contribution in [0.15, 0.2) is 22.7 Å². The highest BCUT2D eigenvalue weighted by Crippen LogP contribution is 2.27. The van der Waals surface area contributed by atoms with Crippen molar-refractivity contribution < 1.29 is 9.59 Å². The van der Waals surface area contributed by atoms with Crippen LogP contribution in [0.4, 0.5) is 0 Å². The molecule has 0 aliphatic carbocycles. The first-order valence-electron chi connectivity index (χ1n) is 5.84. The number of halogens is 2. The van der Waals surface area contributed by atoms with Crippen LogP contribution in [-0.4, -0.2) is 27.7 Å². The van der Waals surface area contributed by atoms with Gasteiger partial charge in [-0.05, 0) is 33.6 Å². The summed E-state index contributed by atoms with van der Waals surface area (Å²) >= 11 is 10.6. The fraction of sp³-hybridized carbons (Fsp3) is 0.385. The van der Waals surface area contributed by atoms with Crippen molar-refractivity contribution in [1.29, 1.82) is 0 Å². The van der Waals surface area contributed by atoms with Gasteiger partial charge in [0.15, 0.2) is 5.12 Å². The molecule has 1 atom stereocenters. The van der Waals surface area contributed by atoms with Crippen molar-refractivity contribution in [3.05, 3.63) is 33.3 Å². The van der Waals surface area contributed by atoms with Crippen LogP contribution in [0.5, 0.6) is 0 Å². The molecule has 0 radical (unpaired) electrons. The molecular weight excluding hydrogens is 350 g/mol. The summed E-state index contributed by atoms with van der Waals surface area (Å²) in [5.74, 6) is 0.102. The lowest BCUT2D eigenvalue weighted by molar-refractivity contribution is -0.128. The quantitative estimate of drug-likeness (QED) is 0.826. The molecule has 2 rings (SSSR count). The van der Waals surface area contributed by atoms with Crippen LogP contribution in [-0.2, 0) is 16.1 Å². The molecule has 102 valence electrons. The molecule has 6 heteroatoms. The molecule has 1 fully saturated rings. The van der Waals surface area contributed by atoms with Crippen molar-refractivity contribution in [2.75, 3.05) is 6.54 Å². The molecule has 1 unspecified atom stereocenters. The lowest BCUT2D eigenvalue weighted by Gasteiger charge is -2.16. The highest BCUT2D eigenvalue weighted by atomic mass is 79.9. The van der Waals surface area contributed by atoms with Crippen molar-refractivity contribution in [3.8, 4) is 0 Å². The van der Waals surface area contributed by atoms with E-state index in [-0.39, 0.29) is 16.3 Å². The van der Waals surface area contributed by atoms with Gasteiger partial charge in [0.1, 0.15) is 0 Å². The summed E-state index contributed by atoms with van der Waals surface area (Å²) < 4.78 is 0.827. The predicted octanol–water partition coefficient (Wildman–Crippen LogP) is 3.48. The van der Waals surface area contributed by atoms with E-state index < -0.39 is 0 Å². The van der Waals surface area contributed by atoms with Crippen molar-refractivity contribution in [2.24, 2.45) is 0 Å². The zero-order chi connectivity index (χ0) is 14.0. The van der Waals surface area contributed by atoms with Crippen molar-refractivity contribution in [2.45, 2.75) is 25.1 Å². The third-order valence-electron chi connectivity index (χ3n) is 2.87. The molecule has 0 saturated carbocycles. The standard InChI is InChI=1S/C13H13BrClNO2S/c1-8(17)19-10-5-13(18)16(7-10)6-9-2-3-12(15)11(14)4-9/h2-4,10H,5-7H2,1H3. The van der Waals surface area contributed by atoms with Crippen molar-refractivity contribution >= 4 is 50.3 Å². The number of hydrogen-bond donors (Lipinski definition) is 0. The maximum absolute atomic E-state index is 11.9. The Labute approximate surface area is 129 Å². The third kappa shape index (κ3) is 3.97. The van der Waals surface area contributed by atoms with Gasteiger partial charge < -0.3 is 4.90 Å². The number of carbonyl (C=O) groups excluding carboxylic acids is 2. The second-order valence-electron chi connectivity index (χ2n) is 4.46. The molecule has 1 aromatic carbocycles. The number of carbonyl (C=O) groups is 2. The van der Waals surface area contributed by atoms with E-state index in [0.717, 1.165) is 10.0 Å². The summed E-state index contributed by atoms with van der Waals surface area (Å²) in [7, 11) is 0. The Morgan fingerprint density at radius 2 is 2.32 bits per heavy atom. The number of amides is 1. The molecule has 0 bridgehead atoms. The summed E-state index contributed by atoms with van der Waals surface area (Å²) in [6, 6.07) is 5.64. The lowest BCUT2D eigenvalue weighted by atomic mass is 10.2. The van der Waals surface area contributed by atoms with Crippen LogP contribution in [0.3, 0.4) is 0 Å². The maximum Gasteiger partial charge on any atom is 0.224 e. The van der Waals surface area contributed by atoms with E-state index in [0.29, 0.717) is 24.5 Å². The van der Waals surface area contributed by atoms with Gasteiger partial charge in [-0.25, -0.2) is 0 Å². The minimum atomic E-state index is 0.0638. The first-order valence-corrected chi connectivity index (χ1v) is 7.89. The van der Waals surface area contributed by atoms with Gasteiger partial charge >= 0.3 is 0 Å². The summed E-state index contributed by atoms with van der Waals surface area (Å²) in [4.78, 5) is 24.7. The van der Waals surface area contributed by atoms with Gasteiger partial charge in [-0.2, -0.15) is 0 Å². The molecule has 0 spiro atoms. The smallest absolute Gasteiger partial charge is 0.224 e. The largest absolute Gasteiger partial charge is 0.337 e. The molecule has 19 heavy (non-hydrogen) atoms. The van der Waals surface area contributed by atoms with Crippen LogP contribution < -0.4 is 0 Å². The molecule has 1 aliphatic heterocycles. The molecule has 1 aromatic rings. The number of nitrogens with zero attached hydrogens (tertiary/aromatic N) is 1. The fourth-order valence-electron chi connectivity index (χ4n) is 2.06. The second kappa shape index (κ2) is 6.29. The van der Waals surface area contributed by atoms with Crippen molar-refractivity contribution in [3.63, 3.8) is 0 Å². The van der Waals surface area contributed by atoms with E-state index in [2.05, 4.69) is 15.9 Å². The number of rotatable bonds is 3. The number of benzene rings is 1. The van der Waals surface area contributed by atoms with E-state index >= 15 is 0 Å². The zero-order valence-electron chi connectivity index (χ0n) is 10.4. The minimum Gasteiger partial charge on any atom is -0.337 e. The highest BCUT2D eigenvalue weighted by Gasteiger charge is 2.30.